The van der Waals surface area contributed by atoms with Crippen LogP contribution in [0.25, 0.3) is 0 Å². The van der Waals surface area contributed by atoms with Gasteiger partial charge in [-0.3, -0.25) is 0 Å². The Bertz CT molecular complexity index is 465. The summed E-state index contributed by atoms with van der Waals surface area (Å²) in [6.45, 7) is 2.79. The third-order valence-corrected chi connectivity index (χ3v) is 3.28. The molecule has 1 aromatic heterocycles. The van der Waals surface area contributed by atoms with Crippen LogP contribution in [0.3, 0.4) is 0 Å². The van der Waals surface area contributed by atoms with E-state index in [1.54, 1.807) is 18.1 Å². The smallest absolute Gasteiger partial charge is 0.0925 e. The first kappa shape index (κ1) is 11.1. The third kappa shape index (κ3) is 2.39. The van der Waals surface area contributed by atoms with Crippen LogP contribution in [0.15, 0.2) is 35.5 Å². The van der Waals surface area contributed by atoms with Crippen LogP contribution in [-0.4, -0.2) is 16.2 Å². The zero-order valence-electron chi connectivity index (χ0n) is 9.45. The van der Waals surface area contributed by atoms with E-state index in [1.807, 2.05) is 13.0 Å². The van der Waals surface area contributed by atoms with Crippen molar-refractivity contribution in [1.29, 1.82) is 0 Å². The van der Waals surface area contributed by atoms with Crippen molar-refractivity contribution in [3.8, 4) is 0 Å². The number of nitrogens with one attached hydrogen (secondary N) is 2. The van der Waals surface area contributed by atoms with E-state index < -0.39 is 0 Å². The van der Waals surface area contributed by atoms with Crippen molar-refractivity contribution in [3.63, 3.8) is 0 Å². The second-order valence-corrected chi connectivity index (χ2v) is 4.38. The number of anilines is 1. The zero-order chi connectivity index (χ0) is 11.4. The number of rotatable bonds is 4. The molecule has 4 heteroatoms. The first-order valence-electron chi connectivity index (χ1n) is 5.17. The largest absolute Gasteiger partial charge is 0.378 e. The van der Waals surface area contributed by atoms with Gasteiger partial charge >= 0.3 is 0 Å². The van der Waals surface area contributed by atoms with Crippen LogP contribution in [0.2, 0.25) is 0 Å². The summed E-state index contributed by atoms with van der Waals surface area (Å²) in [6.07, 6.45) is 3.81. The van der Waals surface area contributed by atoms with Gasteiger partial charge in [0.1, 0.15) is 0 Å². The predicted octanol–water partition coefficient (Wildman–Crippen LogP) is 3.05. The highest BCUT2D eigenvalue weighted by Gasteiger charge is 2.03. The maximum absolute atomic E-state index is 4.26. The SMILES string of the molecule is CSc1ccccc1NCc1nc[nH]c1C. The topological polar surface area (TPSA) is 40.7 Å². The molecule has 0 unspecified atom stereocenters. The third-order valence-electron chi connectivity index (χ3n) is 2.49. The van der Waals surface area contributed by atoms with Crippen molar-refractivity contribution in [2.24, 2.45) is 0 Å². The van der Waals surface area contributed by atoms with E-state index in [4.69, 9.17) is 0 Å². The molecule has 0 aliphatic heterocycles. The Morgan fingerprint density at radius 2 is 2.19 bits per heavy atom. The van der Waals surface area contributed by atoms with Crippen molar-refractivity contribution in [3.05, 3.63) is 42.0 Å². The molecule has 2 rings (SSSR count). The molecule has 0 radical (unpaired) electrons. The molecular weight excluding hydrogens is 218 g/mol. The maximum atomic E-state index is 4.26. The highest BCUT2D eigenvalue weighted by atomic mass is 32.2. The van der Waals surface area contributed by atoms with Crippen molar-refractivity contribution in [1.82, 2.24) is 9.97 Å². The van der Waals surface area contributed by atoms with Gasteiger partial charge in [0.05, 0.1) is 18.6 Å². The highest BCUT2D eigenvalue weighted by molar-refractivity contribution is 7.98. The summed E-state index contributed by atoms with van der Waals surface area (Å²) in [4.78, 5) is 8.60. The molecule has 1 aromatic carbocycles. The van der Waals surface area contributed by atoms with Crippen LogP contribution >= 0.6 is 11.8 Å². The Kier molecular flexibility index (Phi) is 3.51. The molecule has 1 heterocycles. The minimum atomic E-state index is 0.757. The van der Waals surface area contributed by atoms with Crippen LogP contribution in [-0.2, 0) is 6.54 Å². The number of hydrogen-bond acceptors (Lipinski definition) is 3. The van der Waals surface area contributed by atoms with Crippen LogP contribution < -0.4 is 5.32 Å². The molecule has 0 saturated carbocycles. The van der Waals surface area contributed by atoms with E-state index in [9.17, 15) is 0 Å². The number of aryl methyl sites for hydroxylation is 1. The second kappa shape index (κ2) is 5.07. The van der Waals surface area contributed by atoms with Gasteiger partial charge in [-0.1, -0.05) is 12.1 Å². The van der Waals surface area contributed by atoms with Gasteiger partial charge in [0.15, 0.2) is 0 Å². The predicted molar refractivity (Wildman–Crippen MR) is 68.9 cm³/mol. The Labute approximate surface area is 99.7 Å². The van der Waals surface area contributed by atoms with Gasteiger partial charge in [0, 0.05) is 16.3 Å². The number of H-pyrrole nitrogens is 1. The molecule has 16 heavy (non-hydrogen) atoms. The van der Waals surface area contributed by atoms with Crippen LogP contribution in [0.4, 0.5) is 5.69 Å². The van der Waals surface area contributed by atoms with Gasteiger partial charge in [-0.2, -0.15) is 0 Å². The Morgan fingerprint density at radius 1 is 1.38 bits per heavy atom. The molecule has 0 fully saturated rings. The molecule has 0 aliphatic carbocycles. The molecule has 0 bridgehead atoms. The molecule has 84 valence electrons. The standard InChI is InChI=1S/C12H15N3S/c1-9-11(15-8-14-9)7-13-10-5-3-4-6-12(10)16-2/h3-6,8,13H,7H2,1-2H3,(H,14,15). The van der Waals surface area contributed by atoms with Gasteiger partial charge in [-0.25, -0.2) is 4.98 Å². The Morgan fingerprint density at radius 3 is 2.88 bits per heavy atom. The van der Waals surface area contributed by atoms with Gasteiger partial charge in [-0.05, 0) is 25.3 Å². The summed E-state index contributed by atoms with van der Waals surface area (Å²) in [5.41, 5.74) is 3.35. The fourth-order valence-corrected chi connectivity index (χ4v) is 2.11. The summed E-state index contributed by atoms with van der Waals surface area (Å²) < 4.78 is 0. The minimum absolute atomic E-state index is 0.757. The fourth-order valence-electron chi connectivity index (χ4n) is 1.54. The molecule has 0 spiro atoms. The normalized spacial score (nSPS) is 10.4. The van der Waals surface area contributed by atoms with E-state index in [1.165, 1.54) is 4.90 Å². The zero-order valence-corrected chi connectivity index (χ0v) is 10.3. The fraction of sp³-hybridized carbons (Fsp3) is 0.250. The van der Waals surface area contributed by atoms with E-state index >= 15 is 0 Å². The lowest BCUT2D eigenvalue weighted by Gasteiger charge is -2.09. The van der Waals surface area contributed by atoms with Crippen molar-refractivity contribution >= 4 is 17.4 Å². The number of para-hydroxylation sites is 1. The maximum Gasteiger partial charge on any atom is 0.0925 e. The molecule has 0 amide bonds. The summed E-state index contributed by atoms with van der Waals surface area (Å²) in [7, 11) is 0. The highest BCUT2D eigenvalue weighted by Crippen LogP contribution is 2.24. The lowest BCUT2D eigenvalue weighted by Crippen LogP contribution is -2.02. The number of imidazole rings is 1. The Balaban J connectivity index is 2.07. The Hall–Kier alpha value is -1.42. The second-order valence-electron chi connectivity index (χ2n) is 3.53. The molecule has 2 aromatic rings. The first-order chi connectivity index (χ1) is 7.81. The van der Waals surface area contributed by atoms with Crippen LogP contribution in [0, 0.1) is 6.92 Å². The minimum Gasteiger partial charge on any atom is -0.378 e. The average molecular weight is 233 g/mol. The van der Waals surface area contributed by atoms with Crippen molar-refractivity contribution < 1.29 is 0 Å². The van der Waals surface area contributed by atoms with Gasteiger partial charge in [0.2, 0.25) is 0 Å². The summed E-state index contributed by atoms with van der Waals surface area (Å²) in [5.74, 6) is 0. The molecule has 0 saturated heterocycles. The number of nitrogens with zero attached hydrogens (tertiary/aromatic N) is 1. The lowest BCUT2D eigenvalue weighted by molar-refractivity contribution is 1.04. The van der Waals surface area contributed by atoms with Crippen molar-refractivity contribution in [2.45, 2.75) is 18.4 Å². The van der Waals surface area contributed by atoms with E-state index in [-0.39, 0.29) is 0 Å². The number of aromatic nitrogens is 2. The van der Waals surface area contributed by atoms with Gasteiger partial charge in [0.25, 0.3) is 0 Å². The number of benzene rings is 1. The average Bonchev–Trinajstić information content (AvgIpc) is 2.72. The van der Waals surface area contributed by atoms with E-state index in [0.717, 1.165) is 23.6 Å². The number of aromatic amines is 1. The molecule has 3 nitrogen and oxygen atoms in total. The summed E-state index contributed by atoms with van der Waals surface area (Å²) in [5, 5.41) is 3.40. The van der Waals surface area contributed by atoms with E-state index in [0.29, 0.717) is 0 Å². The lowest BCUT2D eigenvalue weighted by atomic mass is 10.3. The molecule has 0 atom stereocenters. The van der Waals surface area contributed by atoms with Gasteiger partial charge in [-0.15, -0.1) is 11.8 Å². The summed E-state index contributed by atoms with van der Waals surface area (Å²) in [6, 6.07) is 8.30. The molecule has 0 aliphatic rings. The van der Waals surface area contributed by atoms with Crippen molar-refractivity contribution in [2.75, 3.05) is 11.6 Å². The van der Waals surface area contributed by atoms with E-state index in [2.05, 4.69) is 39.7 Å². The summed E-state index contributed by atoms with van der Waals surface area (Å²) >= 11 is 1.75. The molecule has 2 N–H and O–H groups in total. The first-order valence-corrected chi connectivity index (χ1v) is 6.39. The monoisotopic (exact) mass is 233 g/mol. The number of hydrogen-bond donors (Lipinski definition) is 2. The van der Waals surface area contributed by atoms with Gasteiger partial charge < -0.3 is 10.3 Å². The number of thioether (sulfide) groups is 1. The molecular formula is C12H15N3S. The van der Waals surface area contributed by atoms with Crippen LogP contribution in [0.5, 0.6) is 0 Å². The van der Waals surface area contributed by atoms with Crippen LogP contribution in [0.1, 0.15) is 11.4 Å². The quantitative estimate of drug-likeness (QED) is 0.797.